The van der Waals surface area contributed by atoms with Crippen LogP contribution in [0.2, 0.25) is 0 Å². The van der Waals surface area contributed by atoms with Crippen LogP contribution in [0.1, 0.15) is 59.5 Å². The van der Waals surface area contributed by atoms with E-state index < -0.39 is 16.0 Å². The molecule has 0 radical (unpaired) electrons. The molecule has 0 aliphatic heterocycles. The number of fused-ring (bicyclic) bond motifs is 1. The standard InChI is InChI=1S/C27H31NO6S/c1-18(2)16-28(35(31,32)26-13-8-19(3)34-26)24-14-22-6-4-5-7-23(22)15-25(24)33-17-20-9-11-21(12-10-20)27(29)30/h8-15,18H,4-7,16-17H2,1-3H3,(H,29,30). The third-order valence-electron chi connectivity index (χ3n) is 6.08. The Morgan fingerprint density at radius 3 is 2.29 bits per heavy atom. The molecule has 7 nitrogen and oxygen atoms in total. The van der Waals surface area contributed by atoms with Crippen LogP contribution in [-0.2, 0) is 29.5 Å². The van der Waals surface area contributed by atoms with Gasteiger partial charge in [0.2, 0.25) is 5.09 Å². The van der Waals surface area contributed by atoms with E-state index >= 15 is 0 Å². The molecule has 0 bridgehead atoms. The van der Waals surface area contributed by atoms with E-state index in [4.69, 9.17) is 14.3 Å². The highest BCUT2D eigenvalue weighted by Gasteiger charge is 2.32. The first-order chi connectivity index (χ1) is 16.6. The van der Waals surface area contributed by atoms with Crippen LogP contribution in [0.3, 0.4) is 0 Å². The molecule has 1 aliphatic rings. The molecule has 1 heterocycles. The van der Waals surface area contributed by atoms with E-state index in [1.807, 2.05) is 26.0 Å². The molecule has 8 heteroatoms. The molecule has 0 fully saturated rings. The normalized spacial score (nSPS) is 13.5. The van der Waals surface area contributed by atoms with Crippen LogP contribution in [0.15, 0.2) is 58.0 Å². The van der Waals surface area contributed by atoms with Gasteiger partial charge in [-0.05, 0) is 91.6 Å². The zero-order valence-electron chi connectivity index (χ0n) is 20.3. The summed E-state index contributed by atoms with van der Waals surface area (Å²) in [5.74, 6) is 0.0886. The fraction of sp³-hybridized carbons (Fsp3) is 0.370. The van der Waals surface area contributed by atoms with Gasteiger partial charge in [-0.15, -0.1) is 0 Å². The van der Waals surface area contributed by atoms with Crippen molar-refractivity contribution in [2.75, 3.05) is 10.8 Å². The Bertz CT molecular complexity index is 1310. The van der Waals surface area contributed by atoms with Gasteiger partial charge in [0.05, 0.1) is 11.3 Å². The molecule has 0 atom stereocenters. The first-order valence-corrected chi connectivity index (χ1v) is 13.3. The van der Waals surface area contributed by atoms with Crippen LogP contribution < -0.4 is 9.04 Å². The summed E-state index contributed by atoms with van der Waals surface area (Å²) in [4.78, 5) is 11.1. The average Bonchev–Trinajstić information content (AvgIpc) is 3.28. The smallest absolute Gasteiger partial charge is 0.335 e. The van der Waals surface area contributed by atoms with Crippen molar-refractivity contribution in [1.29, 1.82) is 0 Å². The molecular weight excluding hydrogens is 466 g/mol. The predicted octanol–water partition coefficient (Wildman–Crippen LogP) is 5.60. The molecule has 0 spiro atoms. The summed E-state index contributed by atoms with van der Waals surface area (Å²) >= 11 is 0. The second kappa shape index (κ2) is 10.2. The Morgan fingerprint density at radius 2 is 1.71 bits per heavy atom. The molecule has 0 amide bonds. The van der Waals surface area contributed by atoms with Crippen molar-refractivity contribution in [3.63, 3.8) is 0 Å². The number of hydrogen-bond acceptors (Lipinski definition) is 5. The van der Waals surface area contributed by atoms with Crippen molar-refractivity contribution in [2.24, 2.45) is 5.92 Å². The maximum Gasteiger partial charge on any atom is 0.335 e. The van der Waals surface area contributed by atoms with Crippen molar-refractivity contribution in [2.45, 2.75) is 58.2 Å². The average molecular weight is 498 g/mol. The Labute approximate surface area is 206 Å². The first-order valence-electron chi connectivity index (χ1n) is 11.8. The third kappa shape index (κ3) is 5.53. The lowest BCUT2D eigenvalue weighted by Gasteiger charge is -2.29. The van der Waals surface area contributed by atoms with Gasteiger partial charge in [0, 0.05) is 6.54 Å². The van der Waals surface area contributed by atoms with Crippen LogP contribution in [0.5, 0.6) is 5.75 Å². The SMILES string of the molecule is Cc1ccc(S(=O)(=O)N(CC(C)C)c2cc3c(cc2OCc2ccc(C(=O)O)cc2)CCCC3)o1. The first kappa shape index (κ1) is 24.9. The number of rotatable bonds is 9. The molecule has 186 valence electrons. The highest BCUT2D eigenvalue weighted by Crippen LogP contribution is 2.39. The number of anilines is 1. The number of furan rings is 1. The monoisotopic (exact) mass is 497 g/mol. The summed E-state index contributed by atoms with van der Waals surface area (Å²) < 4.78 is 40.5. The molecule has 1 aromatic heterocycles. The predicted molar refractivity (Wildman–Crippen MR) is 134 cm³/mol. The summed E-state index contributed by atoms with van der Waals surface area (Å²) in [6.07, 6.45) is 3.97. The highest BCUT2D eigenvalue weighted by atomic mass is 32.2. The van der Waals surface area contributed by atoms with Crippen molar-refractivity contribution in [3.05, 3.63) is 76.5 Å². The lowest BCUT2D eigenvalue weighted by Crippen LogP contribution is -2.34. The summed E-state index contributed by atoms with van der Waals surface area (Å²) in [6.45, 7) is 6.11. The zero-order valence-corrected chi connectivity index (χ0v) is 21.1. The third-order valence-corrected chi connectivity index (χ3v) is 7.73. The minimum atomic E-state index is -3.95. The van der Waals surface area contributed by atoms with E-state index in [1.54, 1.807) is 25.1 Å². The van der Waals surface area contributed by atoms with Crippen molar-refractivity contribution < 1.29 is 27.5 Å². The largest absolute Gasteiger partial charge is 0.487 e. The van der Waals surface area contributed by atoms with Crippen molar-refractivity contribution in [1.82, 2.24) is 0 Å². The lowest BCUT2D eigenvalue weighted by atomic mass is 9.91. The quantitative estimate of drug-likeness (QED) is 0.414. The number of benzene rings is 2. The second-order valence-electron chi connectivity index (χ2n) is 9.38. The Kier molecular flexibility index (Phi) is 7.21. The Balaban J connectivity index is 1.75. The van der Waals surface area contributed by atoms with Gasteiger partial charge in [0.1, 0.15) is 18.1 Å². The Morgan fingerprint density at radius 1 is 1.06 bits per heavy atom. The summed E-state index contributed by atoms with van der Waals surface area (Å²) in [5.41, 5.74) is 3.80. The highest BCUT2D eigenvalue weighted by molar-refractivity contribution is 7.92. The van der Waals surface area contributed by atoms with Gasteiger partial charge in [0.25, 0.3) is 10.0 Å². The van der Waals surface area contributed by atoms with Gasteiger partial charge in [-0.1, -0.05) is 26.0 Å². The number of ether oxygens (including phenoxy) is 1. The number of carboxylic acids is 1. The van der Waals surface area contributed by atoms with Gasteiger partial charge < -0.3 is 14.3 Å². The molecule has 1 N–H and O–H groups in total. The van der Waals surface area contributed by atoms with Gasteiger partial charge in [0.15, 0.2) is 0 Å². The summed E-state index contributed by atoms with van der Waals surface area (Å²) in [7, 11) is -3.95. The van der Waals surface area contributed by atoms with Crippen molar-refractivity contribution >= 4 is 21.7 Å². The Hall–Kier alpha value is -3.26. The van der Waals surface area contributed by atoms with E-state index in [1.165, 1.54) is 28.1 Å². The number of aromatic carboxylic acids is 1. The van der Waals surface area contributed by atoms with E-state index in [0.717, 1.165) is 36.8 Å². The molecule has 1 aliphatic carbocycles. The zero-order chi connectivity index (χ0) is 25.2. The molecular formula is C27H31NO6S. The van der Waals surface area contributed by atoms with Gasteiger partial charge >= 0.3 is 5.97 Å². The van der Waals surface area contributed by atoms with Gasteiger partial charge in [-0.3, -0.25) is 4.31 Å². The maximum absolute atomic E-state index is 13.7. The number of sulfonamides is 1. The molecule has 3 aromatic rings. The van der Waals surface area contributed by atoms with E-state index in [0.29, 0.717) is 17.2 Å². The fourth-order valence-corrected chi connectivity index (χ4v) is 5.87. The van der Waals surface area contributed by atoms with Gasteiger partial charge in [-0.2, -0.15) is 8.42 Å². The van der Waals surface area contributed by atoms with Crippen molar-refractivity contribution in [3.8, 4) is 5.75 Å². The summed E-state index contributed by atoms with van der Waals surface area (Å²) in [6, 6.07) is 13.5. The summed E-state index contributed by atoms with van der Waals surface area (Å²) in [5, 5.41) is 9.04. The molecule has 35 heavy (non-hydrogen) atoms. The molecule has 0 unspecified atom stereocenters. The van der Waals surface area contributed by atoms with Crippen LogP contribution >= 0.6 is 0 Å². The van der Waals surface area contributed by atoms with E-state index in [-0.39, 0.29) is 29.7 Å². The molecule has 0 saturated carbocycles. The van der Waals surface area contributed by atoms with Crippen LogP contribution in [0.25, 0.3) is 0 Å². The minimum Gasteiger partial charge on any atom is -0.487 e. The van der Waals surface area contributed by atoms with E-state index in [9.17, 15) is 13.2 Å². The second-order valence-corrected chi connectivity index (χ2v) is 11.2. The molecule has 4 rings (SSSR count). The number of carbonyl (C=O) groups is 1. The lowest BCUT2D eigenvalue weighted by molar-refractivity contribution is 0.0697. The fourth-order valence-electron chi connectivity index (χ4n) is 4.28. The van der Waals surface area contributed by atoms with Crippen LogP contribution in [0, 0.1) is 12.8 Å². The maximum atomic E-state index is 13.7. The molecule has 2 aromatic carbocycles. The minimum absolute atomic E-state index is 0.0632. The number of hydrogen-bond donors (Lipinski definition) is 1. The van der Waals surface area contributed by atoms with Crippen LogP contribution in [-0.4, -0.2) is 26.0 Å². The molecule has 0 saturated heterocycles. The van der Waals surface area contributed by atoms with E-state index in [2.05, 4.69) is 0 Å². The number of carboxylic acid groups (broad SMARTS) is 1. The number of aryl methyl sites for hydroxylation is 3. The number of nitrogens with zero attached hydrogens (tertiary/aromatic N) is 1. The van der Waals surface area contributed by atoms with Gasteiger partial charge in [-0.25, -0.2) is 4.79 Å². The van der Waals surface area contributed by atoms with Crippen LogP contribution in [0.4, 0.5) is 5.69 Å². The topological polar surface area (TPSA) is 97.0 Å².